The van der Waals surface area contributed by atoms with Crippen molar-refractivity contribution in [1.29, 1.82) is 0 Å². The van der Waals surface area contributed by atoms with E-state index in [1.54, 1.807) is 61.7 Å². The van der Waals surface area contributed by atoms with Crippen molar-refractivity contribution in [1.82, 2.24) is 4.98 Å². The summed E-state index contributed by atoms with van der Waals surface area (Å²) in [6.07, 6.45) is 1.53. The van der Waals surface area contributed by atoms with Crippen molar-refractivity contribution in [2.24, 2.45) is 0 Å². The van der Waals surface area contributed by atoms with Crippen LogP contribution in [0.2, 0.25) is 0 Å². The molecular weight excluding hydrogens is 340 g/mol. The molecule has 3 aromatic rings. The molecule has 7 heteroatoms. The second kappa shape index (κ2) is 7.23. The second-order valence-electron chi connectivity index (χ2n) is 5.05. The molecule has 0 atom stereocenters. The van der Waals surface area contributed by atoms with Crippen LogP contribution in [0.1, 0.15) is 0 Å². The van der Waals surface area contributed by atoms with Gasteiger partial charge in [-0.2, -0.15) is 0 Å². The Kier molecular flexibility index (Phi) is 4.85. The van der Waals surface area contributed by atoms with Gasteiger partial charge in [-0.1, -0.05) is 18.2 Å². The number of hydrogen-bond acceptors (Lipinski definition) is 5. The van der Waals surface area contributed by atoms with E-state index in [2.05, 4.69) is 9.71 Å². The predicted octanol–water partition coefficient (Wildman–Crippen LogP) is 3.68. The minimum absolute atomic E-state index is 0.159. The summed E-state index contributed by atoms with van der Waals surface area (Å²) >= 11 is 0. The first kappa shape index (κ1) is 16.8. The largest absolute Gasteiger partial charge is 0.497 e. The average molecular weight is 356 g/mol. The highest BCUT2D eigenvalue weighted by Gasteiger charge is 2.17. The molecule has 0 radical (unpaired) electrons. The third kappa shape index (κ3) is 4.07. The molecule has 128 valence electrons. The number of sulfonamides is 1. The van der Waals surface area contributed by atoms with E-state index in [0.29, 0.717) is 11.5 Å². The Balaban J connectivity index is 1.86. The molecule has 0 spiro atoms. The number of pyridine rings is 1. The zero-order valence-corrected chi connectivity index (χ0v) is 14.2. The van der Waals surface area contributed by atoms with Gasteiger partial charge in [0, 0.05) is 6.20 Å². The minimum Gasteiger partial charge on any atom is -0.497 e. The van der Waals surface area contributed by atoms with Crippen molar-refractivity contribution >= 4 is 15.7 Å². The van der Waals surface area contributed by atoms with Crippen LogP contribution in [0, 0.1) is 0 Å². The normalized spacial score (nSPS) is 10.9. The van der Waals surface area contributed by atoms with Gasteiger partial charge in [-0.25, -0.2) is 13.4 Å². The summed E-state index contributed by atoms with van der Waals surface area (Å²) in [5, 5.41) is 0. The van der Waals surface area contributed by atoms with Crippen LogP contribution in [0.3, 0.4) is 0 Å². The van der Waals surface area contributed by atoms with Gasteiger partial charge in [-0.05, 0) is 48.5 Å². The topological polar surface area (TPSA) is 77.5 Å². The summed E-state index contributed by atoms with van der Waals surface area (Å²) in [7, 11) is -2.15. The van der Waals surface area contributed by atoms with Gasteiger partial charge in [0.1, 0.15) is 17.2 Å². The first-order valence-electron chi connectivity index (χ1n) is 7.43. The molecule has 6 nitrogen and oxygen atoms in total. The number of anilines is 1. The van der Waals surface area contributed by atoms with Gasteiger partial charge in [-0.3, -0.25) is 4.72 Å². The lowest BCUT2D eigenvalue weighted by atomic mass is 10.3. The van der Waals surface area contributed by atoms with E-state index in [0.717, 1.165) is 0 Å². The molecule has 2 aromatic carbocycles. The molecule has 0 saturated heterocycles. The highest BCUT2D eigenvalue weighted by Crippen LogP contribution is 2.29. The SMILES string of the molecule is COc1ccc(Oc2ncccc2NS(=O)(=O)c2ccccc2)cc1. The van der Waals surface area contributed by atoms with Gasteiger partial charge in [0.15, 0.2) is 0 Å². The quantitative estimate of drug-likeness (QED) is 0.729. The Bertz CT molecular complexity index is 942. The van der Waals surface area contributed by atoms with E-state index >= 15 is 0 Å². The monoisotopic (exact) mass is 356 g/mol. The molecule has 0 aliphatic rings. The van der Waals surface area contributed by atoms with Crippen molar-refractivity contribution < 1.29 is 17.9 Å². The Morgan fingerprint density at radius 3 is 2.24 bits per heavy atom. The maximum Gasteiger partial charge on any atom is 0.262 e. The molecule has 3 rings (SSSR count). The lowest BCUT2D eigenvalue weighted by Crippen LogP contribution is -2.13. The van der Waals surface area contributed by atoms with Crippen molar-refractivity contribution in [3.8, 4) is 17.4 Å². The summed E-state index contributed by atoms with van der Waals surface area (Å²) in [5.41, 5.74) is 0.252. The van der Waals surface area contributed by atoms with Gasteiger partial charge >= 0.3 is 0 Å². The van der Waals surface area contributed by atoms with Crippen LogP contribution >= 0.6 is 0 Å². The fraction of sp³-hybridized carbons (Fsp3) is 0.0556. The maximum absolute atomic E-state index is 12.5. The molecular formula is C18H16N2O4S. The third-order valence-electron chi connectivity index (χ3n) is 3.34. The summed E-state index contributed by atoms with van der Waals surface area (Å²) in [5.74, 6) is 1.37. The molecule has 0 aliphatic carbocycles. The van der Waals surface area contributed by atoms with E-state index in [1.165, 1.54) is 18.3 Å². The zero-order chi connectivity index (χ0) is 17.7. The number of ether oxygens (including phenoxy) is 2. The molecule has 1 heterocycles. The molecule has 0 unspecified atom stereocenters. The summed E-state index contributed by atoms with van der Waals surface area (Å²) in [6, 6.07) is 18.2. The zero-order valence-electron chi connectivity index (χ0n) is 13.4. The average Bonchev–Trinajstić information content (AvgIpc) is 2.64. The Morgan fingerprint density at radius 1 is 0.880 bits per heavy atom. The third-order valence-corrected chi connectivity index (χ3v) is 4.72. The minimum atomic E-state index is -3.73. The number of nitrogens with one attached hydrogen (secondary N) is 1. The first-order valence-corrected chi connectivity index (χ1v) is 8.91. The van der Waals surface area contributed by atoms with Gasteiger partial charge in [-0.15, -0.1) is 0 Å². The maximum atomic E-state index is 12.5. The van der Waals surface area contributed by atoms with Crippen LogP contribution in [0.25, 0.3) is 0 Å². The first-order chi connectivity index (χ1) is 12.1. The van der Waals surface area contributed by atoms with Crippen LogP contribution in [0.5, 0.6) is 17.4 Å². The van der Waals surface area contributed by atoms with Crippen LogP contribution in [-0.2, 0) is 10.0 Å². The number of aromatic nitrogens is 1. The molecule has 0 bridgehead atoms. The summed E-state index contributed by atoms with van der Waals surface area (Å²) < 4.78 is 38.3. The Morgan fingerprint density at radius 2 is 1.56 bits per heavy atom. The van der Waals surface area contributed by atoms with Crippen LogP contribution in [0.4, 0.5) is 5.69 Å². The Hall–Kier alpha value is -3.06. The smallest absolute Gasteiger partial charge is 0.262 e. The van der Waals surface area contributed by atoms with E-state index in [9.17, 15) is 8.42 Å². The molecule has 0 saturated carbocycles. The van der Waals surface area contributed by atoms with Gasteiger partial charge in [0.25, 0.3) is 10.0 Å². The molecule has 0 aliphatic heterocycles. The van der Waals surface area contributed by atoms with E-state index in [4.69, 9.17) is 9.47 Å². The number of rotatable bonds is 6. The van der Waals surface area contributed by atoms with E-state index in [1.807, 2.05) is 0 Å². The second-order valence-corrected chi connectivity index (χ2v) is 6.73. The molecule has 1 aromatic heterocycles. The number of benzene rings is 2. The summed E-state index contributed by atoms with van der Waals surface area (Å²) in [6.45, 7) is 0. The fourth-order valence-corrected chi connectivity index (χ4v) is 3.19. The van der Waals surface area contributed by atoms with Crippen molar-refractivity contribution in [2.75, 3.05) is 11.8 Å². The molecule has 1 N–H and O–H groups in total. The van der Waals surface area contributed by atoms with Crippen LogP contribution < -0.4 is 14.2 Å². The van der Waals surface area contributed by atoms with E-state index < -0.39 is 10.0 Å². The van der Waals surface area contributed by atoms with Gasteiger partial charge in [0.05, 0.1) is 12.0 Å². The number of hydrogen-bond donors (Lipinski definition) is 1. The number of nitrogens with zero attached hydrogens (tertiary/aromatic N) is 1. The van der Waals surface area contributed by atoms with Gasteiger partial charge < -0.3 is 9.47 Å². The van der Waals surface area contributed by atoms with Crippen molar-refractivity contribution in [3.05, 3.63) is 72.9 Å². The van der Waals surface area contributed by atoms with Crippen LogP contribution in [-0.4, -0.2) is 20.5 Å². The highest BCUT2D eigenvalue weighted by molar-refractivity contribution is 7.92. The predicted molar refractivity (Wildman–Crippen MR) is 94.6 cm³/mol. The van der Waals surface area contributed by atoms with Gasteiger partial charge in [0.2, 0.25) is 5.88 Å². The lowest BCUT2D eigenvalue weighted by molar-refractivity contribution is 0.412. The number of methoxy groups -OCH3 is 1. The summed E-state index contributed by atoms with van der Waals surface area (Å²) in [4.78, 5) is 4.28. The Labute approximate surface area is 146 Å². The van der Waals surface area contributed by atoms with Crippen molar-refractivity contribution in [2.45, 2.75) is 4.90 Å². The standard InChI is InChI=1S/C18H16N2O4S/c1-23-14-9-11-15(12-10-14)24-18-17(8-5-13-19-18)20-25(21,22)16-6-3-2-4-7-16/h2-13,20H,1H3. The fourth-order valence-electron chi connectivity index (χ4n) is 2.11. The van der Waals surface area contributed by atoms with E-state index in [-0.39, 0.29) is 16.5 Å². The van der Waals surface area contributed by atoms with Crippen molar-refractivity contribution in [3.63, 3.8) is 0 Å². The van der Waals surface area contributed by atoms with Crippen LogP contribution in [0.15, 0.2) is 77.8 Å². The lowest BCUT2D eigenvalue weighted by Gasteiger charge is -2.12. The molecule has 25 heavy (non-hydrogen) atoms. The molecule has 0 fully saturated rings. The highest BCUT2D eigenvalue weighted by atomic mass is 32.2. The molecule has 0 amide bonds.